The molecule has 0 aromatic carbocycles. The van der Waals surface area contributed by atoms with E-state index in [0.717, 1.165) is 6.42 Å². The lowest BCUT2D eigenvalue weighted by molar-refractivity contribution is 0.0511. The number of hydrogen-bond acceptors (Lipinski definition) is 5. The van der Waals surface area contributed by atoms with Crippen molar-refractivity contribution in [1.29, 1.82) is 0 Å². The van der Waals surface area contributed by atoms with Crippen molar-refractivity contribution in [2.75, 3.05) is 13.2 Å². The van der Waals surface area contributed by atoms with Gasteiger partial charge in [0, 0.05) is 6.54 Å². The Morgan fingerprint density at radius 2 is 2.50 bits per heavy atom. The van der Waals surface area contributed by atoms with Crippen molar-refractivity contribution in [3.05, 3.63) is 11.9 Å². The largest absolute Gasteiger partial charge is 0.461 e. The molecule has 0 saturated carbocycles. The predicted molar refractivity (Wildman–Crippen MR) is 49.6 cm³/mol. The van der Waals surface area contributed by atoms with Gasteiger partial charge in [0.1, 0.15) is 0 Å². The van der Waals surface area contributed by atoms with Gasteiger partial charge in [-0.2, -0.15) is 0 Å². The molecule has 78 valence electrons. The van der Waals surface area contributed by atoms with E-state index in [4.69, 9.17) is 10.5 Å². The first-order valence-electron chi connectivity index (χ1n) is 4.55. The Kier molecular flexibility index (Phi) is 4.06. The minimum absolute atomic E-state index is 0.348. The number of carbonyl (C=O) groups excluding carboxylic acids is 1. The van der Waals surface area contributed by atoms with Crippen molar-refractivity contribution in [2.24, 2.45) is 5.73 Å². The fraction of sp³-hybridized carbons (Fsp3) is 0.625. The number of hydrogen-bond donors (Lipinski definition) is 1. The summed E-state index contributed by atoms with van der Waals surface area (Å²) in [5, 5.41) is 7.42. The molecule has 1 aromatic rings. The highest BCUT2D eigenvalue weighted by Gasteiger charge is 2.13. The molecule has 0 aliphatic carbocycles. The van der Waals surface area contributed by atoms with E-state index in [1.807, 2.05) is 0 Å². The van der Waals surface area contributed by atoms with Crippen LogP contribution in [0.2, 0.25) is 0 Å². The van der Waals surface area contributed by atoms with Crippen LogP contribution >= 0.6 is 0 Å². The maximum Gasteiger partial charge on any atom is 0.358 e. The lowest BCUT2D eigenvalue weighted by Crippen LogP contribution is -2.15. The van der Waals surface area contributed by atoms with Crippen molar-refractivity contribution >= 4 is 5.97 Å². The monoisotopic (exact) mass is 198 g/mol. The summed E-state index contributed by atoms with van der Waals surface area (Å²) in [6.07, 6.45) is 2.16. The summed E-state index contributed by atoms with van der Waals surface area (Å²) in [5.41, 5.74) is 5.73. The van der Waals surface area contributed by atoms with Crippen LogP contribution in [-0.4, -0.2) is 34.1 Å². The molecule has 2 N–H and O–H groups in total. The standard InChI is InChI=1S/C8H14N4O2/c1-2-14-8(13)7-6-10-11-12(7)5-3-4-9/h6H,2-5,9H2,1H3. The van der Waals surface area contributed by atoms with Gasteiger partial charge < -0.3 is 10.5 Å². The first kappa shape index (κ1) is 10.6. The van der Waals surface area contributed by atoms with Gasteiger partial charge in [0.15, 0.2) is 5.69 Å². The van der Waals surface area contributed by atoms with Crippen LogP contribution in [0.5, 0.6) is 0 Å². The molecule has 6 heteroatoms. The molecule has 0 amide bonds. The van der Waals surface area contributed by atoms with Crippen molar-refractivity contribution in [2.45, 2.75) is 19.9 Å². The van der Waals surface area contributed by atoms with E-state index in [1.54, 1.807) is 6.92 Å². The van der Waals surface area contributed by atoms with Crippen LogP contribution in [0.1, 0.15) is 23.8 Å². The molecule has 0 radical (unpaired) electrons. The number of esters is 1. The third-order valence-corrected chi connectivity index (χ3v) is 1.68. The Morgan fingerprint density at radius 3 is 3.14 bits per heavy atom. The predicted octanol–water partition coefficient (Wildman–Crippen LogP) is -0.196. The minimum Gasteiger partial charge on any atom is -0.461 e. The molecule has 6 nitrogen and oxygen atoms in total. The summed E-state index contributed by atoms with van der Waals surface area (Å²) in [6.45, 7) is 3.25. The summed E-state index contributed by atoms with van der Waals surface area (Å²) in [6, 6.07) is 0. The SMILES string of the molecule is CCOC(=O)c1cnnn1CCCN. The van der Waals surface area contributed by atoms with Crippen molar-refractivity contribution in [1.82, 2.24) is 15.0 Å². The molecule has 0 saturated heterocycles. The van der Waals surface area contributed by atoms with Gasteiger partial charge >= 0.3 is 5.97 Å². The molecule has 0 atom stereocenters. The molecule has 1 rings (SSSR count). The highest BCUT2D eigenvalue weighted by Crippen LogP contribution is 2.00. The molecule has 14 heavy (non-hydrogen) atoms. The van der Waals surface area contributed by atoms with E-state index in [-0.39, 0.29) is 0 Å². The smallest absolute Gasteiger partial charge is 0.358 e. The fourth-order valence-electron chi connectivity index (χ4n) is 1.03. The highest BCUT2D eigenvalue weighted by atomic mass is 16.5. The van der Waals surface area contributed by atoms with E-state index >= 15 is 0 Å². The topological polar surface area (TPSA) is 83.0 Å². The van der Waals surface area contributed by atoms with E-state index in [9.17, 15) is 4.79 Å². The van der Waals surface area contributed by atoms with Crippen LogP contribution in [0.4, 0.5) is 0 Å². The van der Waals surface area contributed by atoms with Gasteiger partial charge in [-0.1, -0.05) is 5.21 Å². The zero-order chi connectivity index (χ0) is 10.4. The summed E-state index contributed by atoms with van der Waals surface area (Å²) >= 11 is 0. The van der Waals surface area contributed by atoms with Crippen LogP contribution in [-0.2, 0) is 11.3 Å². The molecule has 0 spiro atoms. The first-order chi connectivity index (χ1) is 6.79. The maximum absolute atomic E-state index is 11.3. The number of ether oxygens (including phenoxy) is 1. The Balaban J connectivity index is 2.66. The molecular weight excluding hydrogens is 184 g/mol. The van der Waals surface area contributed by atoms with Crippen molar-refractivity contribution in [3.8, 4) is 0 Å². The Labute approximate surface area is 82.0 Å². The van der Waals surface area contributed by atoms with Crippen LogP contribution in [0, 0.1) is 0 Å². The molecule has 1 aromatic heterocycles. The summed E-state index contributed by atoms with van der Waals surface area (Å²) in [7, 11) is 0. The molecule has 1 heterocycles. The average molecular weight is 198 g/mol. The normalized spacial score (nSPS) is 10.1. The summed E-state index contributed by atoms with van der Waals surface area (Å²) in [5.74, 6) is -0.394. The number of nitrogens with zero attached hydrogens (tertiary/aromatic N) is 3. The van der Waals surface area contributed by atoms with Gasteiger partial charge in [0.25, 0.3) is 0 Å². The number of carbonyl (C=O) groups is 1. The van der Waals surface area contributed by atoms with Crippen molar-refractivity contribution < 1.29 is 9.53 Å². The number of aromatic nitrogens is 3. The van der Waals surface area contributed by atoms with Crippen LogP contribution in [0.3, 0.4) is 0 Å². The molecule has 0 bridgehead atoms. The quantitative estimate of drug-likeness (QED) is 0.662. The zero-order valence-electron chi connectivity index (χ0n) is 8.14. The Bertz CT molecular complexity index is 297. The molecule has 0 unspecified atom stereocenters. The first-order valence-corrected chi connectivity index (χ1v) is 4.55. The third kappa shape index (κ3) is 2.53. The van der Waals surface area contributed by atoms with Gasteiger partial charge in [-0.15, -0.1) is 5.10 Å². The van der Waals surface area contributed by atoms with Gasteiger partial charge in [-0.05, 0) is 19.9 Å². The number of aryl methyl sites for hydroxylation is 1. The summed E-state index contributed by atoms with van der Waals surface area (Å²) in [4.78, 5) is 11.3. The molecule has 0 aliphatic heterocycles. The van der Waals surface area contributed by atoms with Gasteiger partial charge in [0.05, 0.1) is 12.8 Å². The second-order valence-corrected chi connectivity index (χ2v) is 2.71. The molecule has 0 aliphatic rings. The van der Waals surface area contributed by atoms with Gasteiger partial charge in [-0.25, -0.2) is 9.48 Å². The maximum atomic E-state index is 11.3. The molecular formula is C8H14N4O2. The highest BCUT2D eigenvalue weighted by molar-refractivity contribution is 5.87. The fourth-order valence-corrected chi connectivity index (χ4v) is 1.03. The van der Waals surface area contributed by atoms with E-state index in [0.29, 0.717) is 25.4 Å². The van der Waals surface area contributed by atoms with Crippen molar-refractivity contribution in [3.63, 3.8) is 0 Å². The second kappa shape index (κ2) is 5.33. The Hall–Kier alpha value is -1.43. The molecule has 0 fully saturated rings. The Morgan fingerprint density at radius 1 is 1.71 bits per heavy atom. The van der Waals surface area contributed by atoms with Crippen LogP contribution in [0.15, 0.2) is 6.20 Å². The van der Waals surface area contributed by atoms with E-state index in [2.05, 4.69) is 10.3 Å². The second-order valence-electron chi connectivity index (χ2n) is 2.71. The van der Waals surface area contributed by atoms with Gasteiger partial charge in [-0.3, -0.25) is 0 Å². The average Bonchev–Trinajstić information content (AvgIpc) is 2.63. The third-order valence-electron chi connectivity index (χ3n) is 1.68. The lowest BCUT2D eigenvalue weighted by atomic mass is 10.4. The van der Waals surface area contributed by atoms with Gasteiger partial charge in [0.2, 0.25) is 0 Å². The summed E-state index contributed by atoms with van der Waals surface area (Å²) < 4.78 is 6.34. The number of nitrogens with two attached hydrogens (primary N) is 1. The van der Waals surface area contributed by atoms with Crippen LogP contribution < -0.4 is 5.73 Å². The number of rotatable bonds is 5. The minimum atomic E-state index is -0.394. The van der Waals surface area contributed by atoms with Crippen LogP contribution in [0.25, 0.3) is 0 Å². The zero-order valence-corrected chi connectivity index (χ0v) is 8.14. The lowest BCUT2D eigenvalue weighted by Gasteiger charge is -2.03. The van der Waals surface area contributed by atoms with E-state index < -0.39 is 5.97 Å². The van der Waals surface area contributed by atoms with E-state index in [1.165, 1.54) is 10.9 Å².